The first-order valence-electron chi connectivity index (χ1n) is 3.54. The third-order valence-electron chi connectivity index (χ3n) is 2.11. The van der Waals surface area contributed by atoms with Gasteiger partial charge in [-0.1, -0.05) is 0 Å². The molecule has 0 saturated heterocycles. The summed E-state index contributed by atoms with van der Waals surface area (Å²) in [6, 6.07) is 1.79. The quantitative estimate of drug-likeness (QED) is 0.428. The lowest BCUT2D eigenvalue weighted by Crippen LogP contribution is -2.01. The Morgan fingerprint density at radius 1 is 1.50 bits per heavy atom. The molecule has 0 aliphatic carbocycles. The SMILES string of the molecule is O=C1OCc2c1c1cc([Si])c2o1. The average molecular weight is 175 g/mol. The molecule has 0 saturated carbocycles. The van der Waals surface area contributed by atoms with Crippen LogP contribution in [0, 0.1) is 0 Å². The van der Waals surface area contributed by atoms with Crippen molar-refractivity contribution in [1.82, 2.24) is 0 Å². The number of esters is 1. The van der Waals surface area contributed by atoms with Gasteiger partial charge in [0.2, 0.25) is 0 Å². The predicted octanol–water partition coefficient (Wildman–Crippen LogP) is 0.335. The van der Waals surface area contributed by atoms with Gasteiger partial charge in [-0.15, -0.1) is 0 Å². The zero-order valence-electron chi connectivity index (χ0n) is 6.01. The molecule has 0 atom stereocenters. The summed E-state index contributed by atoms with van der Waals surface area (Å²) < 4.78 is 10.2. The van der Waals surface area contributed by atoms with E-state index in [2.05, 4.69) is 10.2 Å². The van der Waals surface area contributed by atoms with Crippen LogP contribution in [0.1, 0.15) is 15.9 Å². The van der Waals surface area contributed by atoms with Crippen LogP contribution >= 0.6 is 0 Å². The number of carbonyl (C=O) groups excluding carboxylic acids is 1. The molecule has 3 rings (SSSR count). The summed E-state index contributed by atoms with van der Waals surface area (Å²) in [5.74, 6) is -0.273. The van der Waals surface area contributed by atoms with Crippen molar-refractivity contribution in [2.75, 3.05) is 0 Å². The molecule has 3 heterocycles. The van der Waals surface area contributed by atoms with Crippen molar-refractivity contribution in [3.8, 4) is 0 Å². The van der Waals surface area contributed by atoms with Gasteiger partial charge in [-0.3, -0.25) is 0 Å². The molecular weight excluding hydrogens is 172 g/mol. The predicted molar refractivity (Wildman–Crippen MR) is 41.9 cm³/mol. The van der Waals surface area contributed by atoms with Gasteiger partial charge in [0, 0.05) is 0 Å². The zero-order chi connectivity index (χ0) is 8.29. The van der Waals surface area contributed by atoms with Crippen LogP contribution < -0.4 is 5.19 Å². The number of fused-ring (bicyclic) bond motifs is 5. The van der Waals surface area contributed by atoms with E-state index in [1.54, 1.807) is 6.07 Å². The Hall–Kier alpha value is -1.29. The number of carbonyl (C=O) groups is 1. The second-order valence-corrected chi connectivity index (χ2v) is 3.32. The van der Waals surface area contributed by atoms with E-state index < -0.39 is 0 Å². The minimum atomic E-state index is -0.273. The smallest absolute Gasteiger partial charge is 0.342 e. The fraction of sp³-hybridized carbons (Fsp3) is 0.125. The van der Waals surface area contributed by atoms with E-state index in [0.717, 1.165) is 16.3 Å². The van der Waals surface area contributed by atoms with Crippen LogP contribution in [-0.2, 0) is 11.3 Å². The van der Waals surface area contributed by atoms with Gasteiger partial charge in [0.05, 0.1) is 15.8 Å². The average Bonchev–Trinajstić information content (AvgIpc) is 2.62. The summed E-state index contributed by atoms with van der Waals surface area (Å²) in [6.07, 6.45) is 0. The van der Waals surface area contributed by atoms with Crippen molar-refractivity contribution >= 4 is 32.6 Å². The normalized spacial score (nSPS) is 15.6. The molecule has 3 radical (unpaired) electrons. The molecule has 0 aromatic carbocycles. The molecule has 1 aliphatic heterocycles. The van der Waals surface area contributed by atoms with Gasteiger partial charge in [-0.05, 0) is 11.3 Å². The topological polar surface area (TPSA) is 39.4 Å². The van der Waals surface area contributed by atoms with Gasteiger partial charge in [0.25, 0.3) is 0 Å². The number of rotatable bonds is 0. The first-order valence-corrected chi connectivity index (χ1v) is 4.04. The second kappa shape index (κ2) is 1.72. The minimum Gasteiger partial charge on any atom is -0.457 e. The first kappa shape index (κ1) is 6.25. The lowest BCUT2D eigenvalue weighted by Gasteiger charge is -1.88. The summed E-state index contributed by atoms with van der Waals surface area (Å²) in [5.41, 5.74) is 2.84. The van der Waals surface area contributed by atoms with Crippen LogP contribution in [0.3, 0.4) is 0 Å². The Labute approximate surface area is 71.1 Å². The van der Waals surface area contributed by atoms with E-state index in [9.17, 15) is 4.79 Å². The summed E-state index contributed by atoms with van der Waals surface area (Å²) in [4.78, 5) is 11.1. The summed E-state index contributed by atoms with van der Waals surface area (Å²) in [7, 11) is 3.38. The number of ether oxygens (including phenoxy) is 1. The van der Waals surface area contributed by atoms with Crippen LogP contribution in [0.25, 0.3) is 11.2 Å². The van der Waals surface area contributed by atoms with E-state index in [1.807, 2.05) is 0 Å². The lowest BCUT2D eigenvalue weighted by atomic mass is 10.1. The van der Waals surface area contributed by atoms with Crippen LogP contribution in [0.2, 0.25) is 0 Å². The highest BCUT2D eigenvalue weighted by Gasteiger charge is 2.31. The molecular formula is C8H3O3Si. The molecule has 0 spiro atoms. The van der Waals surface area contributed by atoms with Crippen LogP contribution in [0.4, 0.5) is 0 Å². The van der Waals surface area contributed by atoms with Crippen molar-refractivity contribution in [2.24, 2.45) is 0 Å². The molecule has 0 fully saturated rings. The molecule has 1 aliphatic rings. The third kappa shape index (κ3) is 0.514. The largest absolute Gasteiger partial charge is 0.457 e. The van der Waals surface area contributed by atoms with Crippen molar-refractivity contribution in [3.05, 3.63) is 17.2 Å². The summed E-state index contributed by atoms with van der Waals surface area (Å²) >= 11 is 0. The summed E-state index contributed by atoms with van der Waals surface area (Å²) in [6.45, 7) is 0.342. The van der Waals surface area contributed by atoms with Gasteiger partial charge in [-0.25, -0.2) is 4.79 Å². The monoisotopic (exact) mass is 175 g/mol. The Morgan fingerprint density at radius 2 is 2.33 bits per heavy atom. The highest BCUT2D eigenvalue weighted by atomic mass is 28.1. The van der Waals surface area contributed by atoms with Crippen molar-refractivity contribution in [1.29, 1.82) is 0 Å². The molecule has 2 aromatic rings. The third-order valence-corrected chi connectivity index (χ3v) is 2.48. The van der Waals surface area contributed by atoms with Crippen LogP contribution in [0.15, 0.2) is 10.5 Å². The fourth-order valence-corrected chi connectivity index (χ4v) is 1.91. The molecule has 0 amide bonds. The second-order valence-electron chi connectivity index (χ2n) is 2.78. The Kier molecular flexibility index (Phi) is 0.894. The van der Waals surface area contributed by atoms with Gasteiger partial charge < -0.3 is 9.15 Å². The van der Waals surface area contributed by atoms with Gasteiger partial charge in [-0.2, -0.15) is 0 Å². The number of hydrogen-bond donors (Lipinski definition) is 0. The van der Waals surface area contributed by atoms with Gasteiger partial charge >= 0.3 is 5.97 Å². The molecule has 2 bridgehead atoms. The number of benzene rings is 1. The maximum absolute atomic E-state index is 11.1. The lowest BCUT2D eigenvalue weighted by molar-refractivity contribution is 0.0534. The van der Waals surface area contributed by atoms with Crippen molar-refractivity contribution in [2.45, 2.75) is 6.61 Å². The highest BCUT2D eigenvalue weighted by Crippen LogP contribution is 2.32. The number of hydrogen-bond acceptors (Lipinski definition) is 3. The van der Waals surface area contributed by atoms with Crippen LogP contribution in [0.5, 0.6) is 0 Å². The van der Waals surface area contributed by atoms with E-state index in [-0.39, 0.29) is 5.97 Å². The maximum atomic E-state index is 11.1. The molecule has 12 heavy (non-hydrogen) atoms. The van der Waals surface area contributed by atoms with Gasteiger partial charge in [0.15, 0.2) is 0 Å². The molecule has 2 aromatic heterocycles. The van der Waals surface area contributed by atoms with E-state index in [4.69, 9.17) is 9.15 Å². The Bertz CT molecular complexity index is 471. The number of cyclic esters (lactones) is 1. The van der Waals surface area contributed by atoms with E-state index >= 15 is 0 Å². The van der Waals surface area contributed by atoms with Crippen molar-refractivity contribution in [3.63, 3.8) is 0 Å². The molecule has 0 N–H and O–H groups in total. The molecule has 0 unspecified atom stereocenters. The fourth-order valence-electron chi connectivity index (χ4n) is 1.57. The molecule has 4 heteroatoms. The minimum absolute atomic E-state index is 0.273. The number of furan rings is 2. The first-order chi connectivity index (χ1) is 5.77. The van der Waals surface area contributed by atoms with Crippen molar-refractivity contribution < 1.29 is 13.9 Å². The summed E-state index contributed by atoms with van der Waals surface area (Å²) in [5, 5.41) is 0.891. The highest BCUT2D eigenvalue weighted by molar-refractivity contribution is 6.38. The molecule has 57 valence electrons. The van der Waals surface area contributed by atoms with Crippen LogP contribution in [-0.4, -0.2) is 16.2 Å². The van der Waals surface area contributed by atoms with Gasteiger partial charge in [0.1, 0.15) is 23.3 Å². The Balaban J connectivity index is 2.48. The maximum Gasteiger partial charge on any atom is 0.342 e. The Morgan fingerprint density at radius 3 is 3.17 bits per heavy atom. The zero-order valence-corrected chi connectivity index (χ0v) is 7.01. The van der Waals surface area contributed by atoms with E-state index in [0.29, 0.717) is 17.8 Å². The standard InChI is InChI=1S/C8H3O3Si/c9-8-6-3(2-10-8)7-5(12)1-4(6)11-7/h1H,2H2. The molecule has 3 nitrogen and oxygen atoms in total. The van der Waals surface area contributed by atoms with E-state index in [1.165, 1.54) is 0 Å².